The molecule has 4 heteroatoms. The van der Waals surface area contributed by atoms with Crippen LogP contribution >= 0.6 is 0 Å². The molecule has 0 fully saturated rings. The highest BCUT2D eigenvalue weighted by Gasteiger charge is 2.24. The maximum Gasteiger partial charge on any atom is 0.336 e. The van der Waals surface area contributed by atoms with Gasteiger partial charge < -0.3 is 4.74 Å². The number of carbonyl (C=O) groups excluding carboxylic acids is 1. The number of nitrogens with zero attached hydrogens (tertiary/aromatic N) is 1. The van der Waals surface area contributed by atoms with Gasteiger partial charge in [0, 0.05) is 5.22 Å². The molecular formula is C12H12FNO2. The van der Waals surface area contributed by atoms with Gasteiger partial charge >= 0.3 is 5.97 Å². The van der Waals surface area contributed by atoms with E-state index in [2.05, 4.69) is 4.99 Å². The first kappa shape index (κ1) is 10.8. The van der Waals surface area contributed by atoms with E-state index in [4.69, 9.17) is 4.74 Å². The van der Waals surface area contributed by atoms with Crippen molar-refractivity contribution in [2.45, 2.75) is 19.9 Å². The van der Waals surface area contributed by atoms with Crippen LogP contribution in [0.2, 0.25) is 0 Å². The van der Waals surface area contributed by atoms with Crippen LogP contribution in [0.4, 0.5) is 4.39 Å². The fraction of sp³-hybridized carbons (Fsp3) is 0.333. The van der Waals surface area contributed by atoms with Gasteiger partial charge in [-0.1, -0.05) is 6.07 Å². The SMILES string of the molecule is CCOC(=O)C1=c2c(F)cccc2=N[C@H]1C. The van der Waals surface area contributed by atoms with Crippen LogP contribution in [0.3, 0.4) is 0 Å². The Morgan fingerprint density at radius 3 is 3.00 bits per heavy atom. The van der Waals surface area contributed by atoms with E-state index >= 15 is 0 Å². The van der Waals surface area contributed by atoms with Gasteiger partial charge in [-0.3, -0.25) is 4.99 Å². The summed E-state index contributed by atoms with van der Waals surface area (Å²) in [7, 11) is 0. The minimum Gasteiger partial charge on any atom is -0.463 e. The second kappa shape index (κ2) is 4.04. The Hall–Kier alpha value is -1.71. The zero-order valence-corrected chi connectivity index (χ0v) is 9.16. The number of benzene rings is 1. The highest BCUT2D eigenvalue weighted by Crippen LogP contribution is 2.11. The summed E-state index contributed by atoms with van der Waals surface area (Å²) in [6, 6.07) is 4.26. The fourth-order valence-corrected chi connectivity index (χ4v) is 1.85. The van der Waals surface area contributed by atoms with Gasteiger partial charge in [0.25, 0.3) is 0 Å². The van der Waals surface area contributed by atoms with E-state index in [0.717, 1.165) is 0 Å². The summed E-state index contributed by atoms with van der Waals surface area (Å²) in [5, 5.41) is 0.809. The molecule has 0 unspecified atom stereocenters. The van der Waals surface area contributed by atoms with E-state index in [9.17, 15) is 9.18 Å². The quantitative estimate of drug-likeness (QED) is 0.684. The Kier molecular flexibility index (Phi) is 2.73. The van der Waals surface area contributed by atoms with Crippen LogP contribution in [0.5, 0.6) is 0 Å². The lowest BCUT2D eigenvalue weighted by Crippen LogP contribution is -2.29. The van der Waals surface area contributed by atoms with Crippen molar-refractivity contribution in [2.75, 3.05) is 6.61 Å². The Bertz CT molecular complexity index is 551. The standard InChI is InChI=1S/C12H12FNO2/c1-3-16-12(15)10-7(2)14-9-6-4-5-8(13)11(9)10/h4-7H,3H2,1-2H3/t7-/m0/s1. The van der Waals surface area contributed by atoms with Crippen LogP contribution in [0, 0.1) is 5.82 Å². The van der Waals surface area contributed by atoms with Gasteiger partial charge in [-0.25, -0.2) is 9.18 Å². The molecule has 0 aliphatic carbocycles. The van der Waals surface area contributed by atoms with Gasteiger partial charge in [0.15, 0.2) is 0 Å². The molecule has 3 nitrogen and oxygen atoms in total. The van der Waals surface area contributed by atoms with Crippen molar-refractivity contribution in [1.29, 1.82) is 0 Å². The number of esters is 1. The summed E-state index contributed by atoms with van der Waals surface area (Å²) in [4.78, 5) is 15.9. The molecule has 1 aliphatic rings. The van der Waals surface area contributed by atoms with Gasteiger partial charge in [0.1, 0.15) is 5.82 Å². The van der Waals surface area contributed by atoms with Crippen molar-refractivity contribution in [3.8, 4) is 0 Å². The van der Waals surface area contributed by atoms with Crippen LogP contribution in [0.25, 0.3) is 5.57 Å². The lowest BCUT2D eigenvalue weighted by molar-refractivity contribution is -0.136. The molecule has 1 aromatic rings. The minimum atomic E-state index is -0.484. The first-order valence-corrected chi connectivity index (χ1v) is 5.18. The predicted molar refractivity (Wildman–Crippen MR) is 56.7 cm³/mol. The predicted octanol–water partition coefficient (Wildman–Crippen LogP) is 0.561. The number of ether oxygens (including phenoxy) is 1. The van der Waals surface area contributed by atoms with E-state index in [0.29, 0.717) is 10.9 Å². The number of hydrogen-bond acceptors (Lipinski definition) is 3. The smallest absolute Gasteiger partial charge is 0.336 e. The molecule has 0 spiro atoms. The second-order valence-electron chi connectivity index (χ2n) is 3.57. The largest absolute Gasteiger partial charge is 0.463 e. The van der Waals surface area contributed by atoms with Crippen LogP contribution in [-0.2, 0) is 9.53 Å². The van der Waals surface area contributed by atoms with Gasteiger partial charge in [-0.05, 0) is 26.0 Å². The molecular weight excluding hydrogens is 209 g/mol. The maximum atomic E-state index is 13.6. The molecule has 2 rings (SSSR count). The average Bonchev–Trinajstić information content (AvgIpc) is 2.56. The van der Waals surface area contributed by atoms with Crippen molar-refractivity contribution in [1.82, 2.24) is 0 Å². The topological polar surface area (TPSA) is 38.7 Å². The van der Waals surface area contributed by atoms with Crippen LogP contribution in [0.15, 0.2) is 23.2 Å². The molecule has 16 heavy (non-hydrogen) atoms. The third-order valence-electron chi connectivity index (χ3n) is 2.51. The van der Waals surface area contributed by atoms with Crippen molar-refractivity contribution >= 4 is 11.5 Å². The highest BCUT2D eigenvalue weighted by molar-refractivity contribution is 6.11. The first-order valence-electron chi connectivity index (χ1n) is 5.18. The average molecular weight is 221 g/mol. The molecule has 1 aromatic carbocycles. The van der Waals surface area contributed by atoms with Gasteiger partial charge in [0.05, 0.1) is 23.6 Å². The molecule has 0 saturated heterocycles. The molecule has 0 bridgehead atoms. The lowest BCUT2D eigenvalue weighted by atomic mass is 10.1. The summed E-state index contributed by atoms with van der Waals surface area (Å²) in [5.41, 5.74) is 0.315. The molecule has 84 valence electrons. The zero-order valence-electron chi connectivity index (χ0n) is 9.16. The Balaban J connectivity index is 2.68. The molecule has 0 saturated carbocycles. The number of halogens is 1. The monoisotopic (exact) mass is 221 g/mol. The normalized spacial score (nSPS) is 17.9. The lowest BCUT2D eigenvalue weighted by Gasteiger charge is -2.06. The molecule has 1 atom stereocenters. The highest BCUT2D eigenvalue weighted by atomic mass is 19.1. The Morgan fingerprint density at radius 1 is 1.56 bits per heavy atom. The summed E-state index contributed by atoms with van der Waals surface area (Å²) < 4.78 is 18.5. The number of carbonyl (C=O) groups is 1. The number of rotatable bonds is 2. The van der Waals surface area contributed by atoms with E-state index in [-0.39, 0.29) is 17.9 Å². The third kappa shape index (κ3) is 1.60. The van der Waals surface area contributed by atoms with Crippen LogP contribution in [-0.4, -0.2) is 18.6 Å². The van der Waals surface area contributed by atoms with Gasteiger partial charge in [-0.15, -0.1) is 0 Å². The van der Waals surface area contributed by atoms with E-state index < -0.39 is 11.8 Å². The van der Waals surface area contributed by atoms with E-state index in [1.54, 1.807) is 26.0 Å². The number of fused-ring (bicyclic) bond motifs is 1. The Labute approximate surface area is 92.3 Å². The van der Waals surface area contributed by atoms with Crippen LogP contribution in [0.1, 0.15) is 13.8 Å². The van der Waals surface area contributed by atoms with Gasteiger partial charge in [-0.2, -0.15) is 0 Å². The van der Waals surface area contributed by atoms with Crippen LogP contribution < -0.4 is 10.6 Å². The zero-order chi connectivity index (χ0) is 11.7. The summed E-state index contributed by atoms with van der Waals surface area (Å²) in [5.74, 6) is -0.906. The molecule has 0 aromatic heterocycles. The molecule has 0 radical (unpaired) electrons. The van der Waals surface area contributed by atoms with Crippen molar-refractivity contribution in [3.05, 3.63) is 34.6 Å². The van der Waals surface area contributed by atoms with E-state index in [1.807, 2.05) is 0 Å². The van der Waals surface area contributed by atoms with Crippen molar-refractivity contribution in [2.24, 2.45) is 4.99 Å². The van der Waals surface area contributed by atoms with Gasteiger partial charge in [0.2, 0.25) is 0 Å². The van der Waals surface area contributed by atoms with Crippen molar-refractivity contribution < 1.29 is 13.9 Å². The molecule has 0 N–H and O–H groups in total. The fourth-order valence-electron chi connectivity index (χ4n) is 1.85. The number of hydrogen-bond donors (Lipinski definition) is 0. The minimum absolute atomic E-state index is 0.277. The first-order chi connectivity index (χ1) is 7.65. The summed E-state index contributed by atoms with van der Waals surface area (Å²) in [6.45, 7) is 3.75. The Morgan fingerprint density at radius 2 is 2.31 bits per heavy atom. The molecule has 0 amide bonds. The summed E-state index contributed by atoms with van der Waals surface area (Å²) in [6.07, 6.45) is 0. The molecule has 1 heterocycles. The maximum absolute atomic E-state index is 13.6. The van der Waals surface area contributed by atoms with Crippen molar-refractivity contribution in [3.63, 3.8) is 0 Å². The molecule has 1 aliphatic heterocycles. The second-order valence-corrected chi connectivity index (χ2v) is 3.57. The summed E-state index contributed by atoms with van der Waals surface area (Å²) >= 11 is 0. The third-order valence-corrected chi connectivity index (χ3v) is 2.51. The van der Waals surface area contributed by atoms with E-state index in [1.165, 1.54) is 6.07 Å².